The van der Waals surface area contributed by atoms with Gasteiger partial charge in [-0.1, -0.05) is 13.0 Å². The van der Waals surface area contributed by atoms with Crippen LogP contribution in [0, 0.1) is 17.6 Å². The molecule has 30 heavy (non-hydrogen) atoms. The molecule has 0 amide bonds. The van der Waals surface area contributed by atoms with Crippen LogP contribution in [-0.2, 0) is 6.42 Å². The van der Waals surface area contributed by atoms with Crippen molar-refractivity contribution < 1.29 is 18.3 Å². The van der Waals surface area contributed by atoms with Crippen LogP contribution in [0.1, 0.15) is 18.9 Å². The Morgan fingerprint density at radius 1 is 1.23 bits per heavy atom. The summed E-state index contributed by atoms with van der Waals surface area (Å²) in [7, 11) is 2.64. The van der Waals surface area contributed by atoms with E-state index in [0.29, 0.717) is 18.0 Å². The smallest absolute Gasteiger partial charge is 0.171 e. The molecule has 2 aliphatic rings. The lowest BCUT2D eigenvalue weighted by Crippen LogP contribution is -2.17. The van der Waals surface area contributed by atoms with Gasteiger partial charge in [0.15, 0.2) is 23.1 Å². The molecule has 2 N–H and O–H groups in total. The number of amidine groups is 1. The van der Waals surface area contributed by atoms with Crippen LogP contribution in [0.5, 0.6) is 11.5 Å². The highest BCUT2D eigenvalue weighted by molar-refractivity contribution is 6.08. The summed E-state index contributed by atoms with van der Waals surface area (Å²) in [5, 5.41) is 0. The number of nitrogens with zero attached hydrogens (tertiary/aromatic N) is 3. The van der Waals surface area contributed by atoms with Gasteiger partial charge in [0, 0.05) is 60.6 Å². The van der Waals surface area contributed by atoms with Gasteiger partial charge in [0.05, 0.1) is 20.1 Å². The molecule has 1 aromatic rings. The summed E-state index contributed by atoms with van der Waals surface area (Å²) in [4.78, 5) is 13.0. The number of nitrogens with two attached hydrogens (primary N) is 1. The van der Waals surface area contributed by atoms with Crippen molar-refractivity contribution in [2.45, 2.75) is 19.8 Å². The first-order valence-corrected chi connectivity index (χ1v) is 9.57. The van der Waals surface area contributed by atoms with Crippen LogP contribution >= 0.6 is 0 Å². The van der Waals surface area contributed by atoms with Crippen molar-refractivity contribution in [3.63, 3.8) is 0 Å². The first-order valence-electron chi connectivity index (χ1n) is 9.57. The third kappa shape index (κ3) is 4.17. The Kier molecular flexibility index (Phi) is 6.76. The van der Waals surface area contributed by atoms with E-state index in [-0.39, 0.29) is 29.4 Å². The van der Waals surface area contributed by atoms with Gasteiger partial charge in [-0.25, -0.2) is 18.8 Å². The minimum absolute atomic E-state index is 0.00616. The van der Waals surface area contributed by atoms with Gasteiger partial charge in [0.2, 0.25) is 0 Å². The Bertz CT molecular complexity index is 979. The fourth-order valence-corrected chi connectivity index (χ4v) is 3.26. The van der Waals surface area contributed by atoms with E-state index in [2.05, 4.69) is 15.0 Å². The Labute approximate surface area is 174 Å². The maximum Gasteiger partial charge on any atom is 0.171 e. The Balaban J connectivity index is 1.90. The van der Waals surface area contributed by atoms with Crippen molar-refractivity contribution >= 4 is 18.3 Å². The molecule has 0 bridgehead atoms. The monoisotopic (exact) mass is 414 g/mol. The summed E-state index contributed by atoms with van der Waals surface area (Å²) in [6.45, 7) is 2.73. The normalized spacial score (nSPS) is 18.2. The number of hydrogen-bond donors (Lipinski definition) is 1. The number of ether oxygens (including phenoxy) is 2. The molecule has 6 nitrogen and oxygen atoms in total. The fourth-order valence-electron chi connectivity index (χ4n) is 3.26. The number of halogens is 2. The quantitative estimate of drug-likeness (QED) is 0.658. The summed E-state index contributed by atoms with van der Waals surface area (Å²) in [6, 6.07) is 1.19. The Morgan fingerprint density at radius 3 is 2.53 bits per heavy atom. The minimum Gasteiger partial charge on any atom is -0.494 e. The van der Waals surface area contributed by atoms with Gasteiger partial charge in [-0.05, 0) is 12.0 Å². The van der Waals surface area contributed by atoms with Gasteiger partial charge in [-0.15, -0.1) is 0 Å². The highest BCUT2D eigenvalue weighted by Gasteiger charge is 2.29. The SMILES string of the molecule is CCCN=CC(=CN)C1=CC2C(Cc3c(F)c(OC)cc(OC)c3F)=CN=C2N=C1. The number of benzene rings is 1. The molecule has 0 saturated heterocycles. The number of methoxy groups -OCH3 is 2. The fraction of sp³-hybridized carbons (Fsp3) is 0.318. The molecule has 0 radical (unpaired) electrons. The standard InChI is InChI=1S/C22H24F2N4O2/c1-4-5-26-10-15(9-25)13-6-16-14(12-28-22(16)27-11-13)7-17-20(23)18(29-2)8-19(30-3)21(17)24/h6,8-12,16H,4-5,7,25H2,1-3H3. The van der Waals surface area contributed by atoms with Gasteiger partial charge in [-0.2, -0.15) is 0 Å². The van der Waals surface area contributed by atoms with Crippen LogP contribution in [0.3, 0.4) is 0 Å². The van der Waals surface area contributed by atoms with E-state index in [1.54, 1.807) is 18.6 Å². The van der Waals surface area contributed by atoms with Gasteiger partial charge in [-0.3, -0.25) is 4.99 Å². The van der Waals surface area contributed by atoms with Crippen LogP contribution in [0.25, 0.3) is 0 Å². The summed E-state index contributed by atoms with van der Waals surface area (Å²) in [5.41, 5.74) is 7.82. The van der Waals surface area contributed by atoms with Crippen molar-refractivity contribution in [3.05, 3.63) is 58.5 Å². The van der Waals surface area contributed by atoms with Gasteiger partial charge >= 0.3 is 0 Å². The van der Waals surface area contributed by atoms with Crippen molar-refractivity contribution in [3.8, 4) is 11.5 Å². The lowest BCUT2D eigenvalue weighted by Gasteiger charge is -2.18. The lowest BCUT2D eigenvalue weighted by atomic mass is 9.89. The van der Waals surface area contributed by atoms with E-state index in [1.807, 2.05) is 13.0 Å². The van der Waals surface area contributed by atoms with Crippen LogP contribution in [-0.4, -0.2) is 39.0 Å². The van der Waals surface area contributed by atoms with E-state index >= 15 is 0 Å². The molecule has 1 atom stereocenters. The van der Waals surface area contributed by atoms with E-state index in [4.69, 9.17) is 15.2 Å². The molecule has 0 spiro atoms. The molecule has 0 fully saturated rings. The molecule has 3 rings (SSSR count). The molecule has 1 unspecified atom stereocenters. The Hall–Kier alpha value is -3.29. The zero-order valence-electron chi connectivity index (χ0n) is 17.2. The molecule has 0 aliphatic carbocycles. The Morgan fingerprint density at radius 2 is 1.93 bits per heavy atom. The minimum atomic E-state index is -0.761. The molecule has 8 heteroatoms. The summed E-state index contributed by atoms with van der Waals surface area (Å²) >= 11 is 0. The van der Waals surface area contributed by atoms with Crippen molar-refractivity contribution in [1.82, 2.24) is 0 Å². The third-order valence-electron chi connectivity index (χ3n) is 4.86. The molecule has 1 aromatic carbocycles. The number of rotatable bonds is 8. The average molecular weight is 414 g/mol. The maximum absolute atomic E-state index is 14.8. The highest BCUT2D eigenvalue weighted by Crippen LogP contribution is 2.36. The molecule has 0 saturated carbocycles. The maximum atomic E-state index is 14.8. The summed E-state index contributed by atoms with van der Waals surface area (Å²) < 4.78 is 39.6. The number of fused-ring (bicyclic) bond motifs is 1. The third-order valence-corrected chi connectivity index (χ3v) is 4.86. The van der Waals surface area contributed by atoms with E-state index in [1.165, 1.54) is 26.5 Å². The lowest BCUT2D eigenvalue weighted by molar-refractivity contribution is 0.354. The predicted molar refractivity (Wildman–Crippen MR) is 115 cm³/mol. The number of hydrogen-bond acceptors (Lipinski definition) is 6. The van der Waals surface area contributed by atoms with E-state index < -0.39 is 11.6 Å². The van der Waals surface area contributed by atoms with Crippen molar-refractivity contribution in [2.75, 3.05) is 20.8 Å². The first kappa shape index (κ1) is 21.4. The van der Waals surface area contributed by atoms with Crippen LogP contribution in [0.15, 0.2) is 56.2 Å². The first-order chi connectivity index (χ1) is 14.5. The van der Waals surface area contributed by atoms with E-state index in [0.717, 1.165) is 17.6 Å². The molecule has 2 heterocycles. The predicted octanol–water partition coefficient (Wildman–Crippen LogP) is 3.77. The molecule has 158 valence electrons. The second-order valence-corrected chi connectivity index (χ2v) is 6.77. The average Bonchev–Trinajstić information content (AvgIpc) is 3.16. The van der Waals surface area contributed by atoms with Crippen LogP contribution in [0.2, 0.25) is 0 Å². The van der Waals surface area contributed by atoms with Gasteiger partial charge < -0.3 is 15.2 Å². The largest absolute Gasteiger partial charge is 0.494 e. The van der Waals surface area contributed by atoms with Crippen LogP contribution in [0.4, 0.5) is 8.78 Å². The van der Waals surface area contributed by atoms with Crippen molar-refractivity contribution in [1.29, 1.82) is 0 Å². The molecular formula is C22H24F2N4O2. The van der Waals surface area contributed by atoms with Crippen molar-refractivity contribution in [2.24, 2.45) is 26.6 Å². The zero-order valence-corrected chi connectivity index (χ0v) is 17.2. The molecule has 0 aromatic heterocycles. The second-order valence-electron chi connectivity index (χ2n) is 6.77. The number of aliphatic imine (C=N–C) groups is 3. The highest BCUT2D eigenvalue weighted by atomic mass is 19.1. The number of allylic oxidation sites excluding steroid dienone is 2. The van der Waals surface area contributed by atoms with Crippen LogP contribution < -0.4 is 15.2 Å². The van der Waals surface area contributed by atoms with Gasteiger partial charge in [0.1, 0.15) is 5.84 Å². The van der Waals surface area contributed by atoms with Gasteiger partial charge in [0.25, 0.3) is 0 Å². The zero-order chi connectivity index (χ0) is 21.7. The summed E-state index contributed by atoms with van der Waals surface area (Å²) in [5.74, 6) is -1.43. The second kappa shape index (κ2) is 9.47. The molecular weight excluding hydrogens is 390 g/mol. The topological polar surface area (TPSA) is 81.6 Å². The number of dihydropyridines is 1. The molecule has 2 aliphatic heterocycles. The summed E-state index contributed by atoms with van der Waals surface area (Å²) in [6.07, 6.45) is 9.27. The van der Waals surface area contributed by atoms with E-state index in [9.17, 15) is 8.78 Å².